The van der Waals surface area contributed by atoms with Gasteiger partial charge in [0.05, 0.1) is 24.0 Å². The summed E-state index contributed by atoms with van der Waals surface area (Å²) >= 11 is 0. The number of para-hydroxylation sites is 1. The predicted molar refractivity (Wildman–Crippen MR) is 209 cm³/mol. The van der Waals surface area contributed by atoms with Gasteiger partial charge in [0.15, 0.2) is 0 Å². The third-order valence-electron chi connectivity index (χ3n) is 9.66. The minimum absolute atomic E-state index is 0. The number of methoxy groups -OCH3 is 1. The molecule has 11 heteroatoms. The fourth-order valence-corrected chi connectivity index (χ4v) is 7.17. The Kier molecular flexibility index (Phi) is 14.2. The Morgan fingerprint density at radius 3 is 2.08 bits per heavy atom. The smallest absolute Gasteiger partial charge is 0.329 e. The zero-order valence-corrected chi connectivity index (χ0v) is 32.5. The number of carbonyl (C=O) groups excluding carboxylic acids is 4. The van der Waals surface area contributed by atoms with E-state index in [0.717, 1.165) is 16.7 Å². The van der Waals surface area contributed by atoms with Crippen molar-refractivity contribution in [1.82, 2.24) is 15.5 Å². The summed E-state index contributed by atoms with van der Waals surface area (Å²) in [6, 6.07) is 23.6. The van der Waals surface area contributed by atoms with Gasteiger partial charge in [-0.25, -0.2) is 4.79 Å². The van der Waals surface area contributed by atoms with Crippen LogP contribution in [0.4, 0.5) is 0 Å². The molecule has 276 valence electrons. The van der Waals surface area contributed by atoms with Crippen molar-refractivity contribution >= 4 is 50.7 Å². The van der Waals surface area contributed by atoms with Crippen LogP contribution in [0, 0.1) is 5.92 Å². The van der Waals surface area contributed by atoms with Crippen molar-refractivity contribution < 1.29 is 28.7 Å². The maximum Gasteiger partial charge on any atom is 0.329 e. The Balaban J connectivity index is 0.00000351. The number of hydrogen-bond donors (Lipinski definition) is 2. The van der Waals surface area contributed by atoms with Crippen LogP contribution in [-0.2, 0) is 24.5 Å². The largest absolute Gasteiger partial charge is 0.496 e. The van der Waals surface area contributed by atoms with Gasteiger partial charge in [-0.05, 0) is 81.2 Å². The van der Waals surface area contributed by atoms with Gasteiger partial charge in [-0.2, -0.15) is 27.0 Å². The molecule has 1 saturated heterocycles. The molecule has 9 nitrogen and oxygen atoms in total. The second kappa shape index (κ2) is 17.5. The second-order valence-corrected chi connectivity index (χ2v) is 14.5. The number of hydrogen-bond acceptors (Lipinski definition) is 6. The number of esters is 1. The number of piperidine rings is 1. The molecule has 1 heterocycles. The number of ether oxygens (including phenoxy) is 2. The molecule has 1 aliphatic carbocycles. The van der Waals surface area contributed by atoms with Gasteiger partial charge in [0.2, 0.25) is 11.8 Å². The third-order valence-corrected chi connectivity index (χ3v) is 9.66. The highest BCUT2D eigenvalue weighted by atomic mass is 32.1. The molecule has 0 bridgehead atoms. The number of benzene rings is 3. The summed E-state index contributed by atoms with van der Waals surface area (Å²) in [4.78, 5) is 57.0. The van der Waals surface area contributed by atoms with Gasteiger partial charge in [0, 0.05) is 19.1 Å². The summed E-state index contributed by atoms with van der Waals surface area (Å²) in [6.45, 7) is 10.2. The highest BCUT2D eigenvalue weighted by Gasteiger charge is 2.50. The van der Waals surface area contributed by atoms with E-state index >= 15 is 0 Å². The van der Waals surface area contributed by atoms with E-state index < -0.39 is 28.9 Å². The molecule has 0 saturated carbocycles. The van der Waals surface area contributed by atoms with Crippen LogP contribution < -0.4 is 15.4 Å². The molecule has 0 spiro atoms. The Hall–Kier alpha value is -3.96. The Morgan fingerprint density at radius 1 is 0.843 bits per heavy atom. The number of rotatable bonds is 9. The van der Waals surface area contributed by atoms with E-state index in [4.69, 9.17) is 9.47 Å². The van der Waals surface area contributed by atoms with E-state index in [-0.39, 0.29) is 56.7 Å². The van der Waals surface area contributed by atoms with Crippen LogP contribution in [0.2, 0.25) is 0 Å². The van der Waals surface area contributed by atoms with Gasteiger partial charge in [-0.1, -0.05) is 80.6 Å². The summed E-state index contributed by atoms with van der Waals surface area (Å²) in [6.07, 6.45) is 2.12. The molecule has 2 aliphatic rings. The fraction of sp³-hybridized carbons (Fsp3) is 0.450. The van der Waals surface area contributed by atoms with Crippen LogP contribution in [0.25, 0.3) is 0 Å². The molecular formula is C40H53N3O6S2. The molecule has 0 unspecified atom stereocenters. The van der Waals surface area contributed by atoms with Crippen LogP contribution in [0.15, 0.2) is 78.9 Å². The Labute approximate surface area is 316 Å². The highest BCUT2D eigenvalue weighted by molar-refractivity contribution is 7.59. The molecule has 3 atom stereocenters. The number of likely N-dealkylation sites (tertiary alicyclic amines) is 1. The lowest BCUT2D eigenvalue weighted by atomic mass is 9.62. The quantitative estimate of drug-likeness (QED) is 0.261. The maximum atomic E-state index is 14.7. The molecule has 0 aromatic heterocycles. The monoisotopic (exact) mass is 735 g/mol. The highest BCUT2D eigenvalue weighted by Crippen LogP contribution is 2.48. The summed E-state index contributed by atoms with van der Waals surface area (Å²) in [5.41, 5.74) is 1.08. The first-order chi connectivity index (χ1) is 23.4. The second-order valence-electron chi connectivity index (χ2n) is 14.5. The van der Waals surface area contributed by atoms with Crippen molar-refractivity contribution in [3.05, 3.63) is 101 Å². The SMILES string of the molecule is COc1ccccc1C(=O)NC1CCN(C(=O)[C@H]2CC[C@@](C(=O)N[C@H](C(=O)OC(C)(C)C)C(C)C)(c3ccccc3)c3ccccc32)CC1.S.S. The predicted octanol–water partition coefficient (Wildman–Crippen LogP) is 5.99. The summed E-state index contributed by atoms with van der Waals surface area (Å²) < 4.78 is 11.1. The first kappa shape index (κ1) is 41.5. The van der Waals surface area contributed by atoms with E-state index in [1.165, 1.54) is 0 Å². The molecule has 3 aromatic carbocycles. The van der Waals surface area contributed by atoms with Crippen LogP contribution in [0.5, 0.6) is 5.75 Å². The summed E-state index contributed by atoms with van der Waals surface area (Å²) in [5, 5.41) is 6.20. The third kappa shape index (κ3) is 9.10. The maximum absolute atomic E-state index is 14.7. The molecule has 3 aromatic rings. The van der Waals surface area contributed by atoms with Crippen molar-refractivity contribution in [2.24, 2.45) is 5.92 Å². The van der Waals surface area contributed by atoms with Gasteiger partial charge in [0.1, 0.15) is 17.4 Å². The van der Waals surface area contributed by atoms with Gasteiger partial charge < -0.3 is 25.0 Å². The fourth-order valence-electron chi connectivity index (χ4n) is 7.17. The Bertz CT molecular complexity index is 1670. The molecule has 51 heavy (non-hydrogen) atoms. The lowest BCUT2D eigenvalue weighted by molar-refractivity contribution is -0.160. The molecule has 1 fully saturated rings. The van der Waals surface area contributed by atoms with Crippen LogP contribution >= 0.6 is 27.0 Å². The molecule has 0 radical (unpaired) electrons. The molecule has 3 amide bonds. The van der Waals surface area contributed by atoms with Crippen molar-refractivity contribution in [1.29, 1.82) is 0 Å². The first-order valence-corrected chi connectivity index (χ1v) is 17.3. The van der Waals surface area contributed by atoms with Gasteiger partial charge in [0.25, 0.3) is 5.91 Å². The topological polar surface area (TPSA) is 114 Å². The lowest BCUT2D eigenvalue weighted by Gasteiger charge is -2.43. The van der Waals surface area contributed by atoms with Gasteiger partial charge in [-0.3, -0.25) is 14.4 Å². The van der Waals surface area contributed by atoms with E-state index in [0.29, 0.717) is 50.1 Å². The van der Waals surface area contributed by atoms with Gasteiger partial charge in [-0.15, -0.1) is 0 Å². The number of carbonyl (C=O) groups is 4. The zero-order chi connectivity index (χ0) is 35.3. The van der Waals surface area contributed by atoms with Crippen molar-refractivity contribution in [2.75, 3.05) is 20.2 Å². The van der Waals surface area contributed by atoms with Crippen LogP contribution in [-0.4, -0.2) is 66.5 Å². The van der Waals surface area contributed by atoms with Gasteiger partial charge >= 0.3 is 5.97 Å². The minimum atomic E-state index is -1.11. The van der Waals surface area contributed by atoms with Crippen molar-refractivity contribution in [2.45, 2.75) is 89.3 Å². The molecule has 2 N–H and O–H groups in total. The lowest BCUT2D eigenvalue weighted by Crippen LogP contribution is -2.55. The van der Waals surface area contributed by atoms with Crippen molar-refractivity contribution in [3.8, 4) is 5.75 Å². The number of amides is 3. The normalized spacial score (nSPS) is 19.4. The van der Waals surface area contributed by atoms with Crippen LogP contribution in [0.1, 0.15) is 93.3 Å². The van der Waals surface area contributed by atoms with E-state index in [9.17, 15) is 19.2 Å². The van der Waals surface area contributed by atoms with E-state index in [1.54, 1.807) is 25.3 Å². The van der Waals surface area contributed by atoms with Crippen LogP contribution in [0.3, 0.4) is 0 Å². The summed E-state index contributed by atoms with van der Waals surface area (Å²) in [5.74, 6) is -1.03. The molecular weight excluding hydrogens is 683 g/mol. The Morgan fingerprint density at radius 2 is 1.45 bits per heavy atom. The van der Waals surface area contributed by atoms with Crippen molar-refractivity contribution in [3.63, 3.8) is 0 Å². The average molecular weight is 736 g/mol. The first-order valence-electron chi connectivity index (χ1n) is 17.3. The number of nitrogens with one attached hydrogen (secondary N) is 2. The zero-order valence-electron chi connectivity index (χ0n) is 30.5. The number of nitrogens with zero attached hydrogens (tertiary/aromatic N) is 1. The average Bonchev–Trinajstić information content (AvgIpc) is 3.09. The minimum Gasteiger partial charge on any atom is -0.496 e. The molecule has 5 rings (SSSR count). The standard InChI is InChI=1S/C40H49N3O6.2H2S/c1-26(2)34(37(46)49-39(3,4)5)42-38(47)40(27-14-8-7-9-15-27)23-20-30(29-16-10-12-18-32(29)40)36(45)43-24-21-28(22-25-43)41-35(44)31-17-11-13-19-33(31)48-6;;/h7-19,26,28,30,34H,20-25H2,1-6H3,(H,41,44)(H,42,47);2*1H2/t30-,34-,40+;;/m0../s1. The van der Waals surface area contributed by atoms with E-state index in [1.807, 2.05) is 100 Å². The molecule has 1 aliphatic heterocycles. The number of fused-ring (bicyclic) bond motifs is 1. The summed E-state index contributed by atoms with van der Waals surface area (Å²) in [7, 11) is 1.54. The van der Waals surface area contributed by atoms with E-state index in [2.05, 4.69) is 10.6 Å².